The number of aromatic amines is 1. The summed E-state index contributed by atoms with van der Waals surface area (Å²) in [4.78, 5) is 30.8. The first kappa shape index (κ1) is 27.1. The Balaban J connectivity index is 1.27. The van der Waals surface area contributed by atoms with Crippen LogP contribution in [0.25, 0.3) is 10.2 Å². The number of thiazole rings is 1. The molecule has 196 valence electrons. The molecule has 10 heteroatoms. The van der Waals surface area contributed by atoms with E-state index >= 15 is 0 Å². The first-order chi connectivity index (χ1) is 17.4. The number of benzene rings is 1. The van der Waals surface area contributed by atoms with Crippen LogP contribution in [0.2, 0.25) is 4.34 Å². The van der Waals surface area contributed by atoms with Crippen molar-refractivity contribution in [3.8, 4) is 5.75 Å². The summed E-state index contributed by atoms with van der Waals surface area (Å²) in [5, 5.41) is 13.4. The molecule has 0 aliphatic heterocycles. The molecular formula is C26H35ClN4O3S2. The third kappa shape index (κ3) is 7.32. The fourth-order valence-electron chi connectivity index (χ4n) is 4.98. The summed E-state index contributed by atoms with van der Waals surface area (Å²) in [5.74, 6) is 0.247. The monoisotopic (exact) mass is 550 g/mol. The van der Waals surface area contributed by atoms with Gasteiger partial charge in [-0.3, -0.25) is 9.59 Å². The molecule has 1 unspecified atom stereocenters. The molecule has 1 fully saturated rings. The number of aromatic hydroxyl groups is 1. The van der Waals surface area contributed by atoms with Crippen LogP contribution in [-0.2, 0) is 17.6 Å². The van der Waals surface area contributed by atoms with Gasteiger partial charge in [0.15, 0.2) is 0 Å². The topological polar surface area (TPSA) is 111 Å². The van der Waals surface area contributed by atoms with Gasteiger partial charge in [0, 0.05) is 36.5 Å². The Hall–Kier alpha value is -1.91. The molecule has 5 N–H and O–H groups in total. The van der Waals surface area contributed by atoms with E-state index in [0.717, 1.165) is 64.6 Å². The molecule has 0 bridgehead atoms. The summed E-state index contributed by atoms with van der Waals surface area (Å²) in [6, 6.07) is 7.56. The zero-order valence-electron chi connectivity index (χ0n) is 20.4. The maximum atomic E-state index is 13.3. The van der Waals surface area contributed by atoms with Crippen LogP contribution in [0.4, 0.5) is 0 Å². The van der Waals surface area contributed by atoms with Crippen LogP contribution in [-0.4, -0.2) is 52.6 Å². The number of halogens is 1. The van der Waals surface area contributed by atoms with Gasteiger partial charge in [0.2, 0.25) is 5.91 Å². The van der Waals surface area contributed by atoms with Crippen LogP contribution < -0.4 is 15.9 Å². The van der Waals surface area contributed by atoms with Gasteiger partial charge in [-0.05, 0) is 62.4 Å². The highest BCUT2D eigenvalue weighted by Gasteiger charge is 2.26. The minimum atomic E-state index is -0.167. The Morgan fingerprint density at radius 1 is 1.17 bits per heavy atom. The predicted octanol–water partition coefficient (Wildman–Crippen LogP) is 4.65. The number of hydrogen-bond acceptors (Lipinski definition) is 7. The molecule has 7 nitrogen and oxygen atoms in total. The SMILES string of the molecule is NC(CCc1ccc(Cl)s1)CC(=O)N(CCNCCc1ccc(O)c2[nH]c(=O)sc12)C1CCCCC1. The number of nitrogens with one attached hydrogen (secondary N) is 2. The van der Waals surface area contributed by atoms with Crippen molar-refractivity contribution < 1.29 is 9.90 Å². The van der Waals surface area contributed by atoms with E-state index in [1.165, 1.54) is 24.1 Å². The quantitative estimate of drug-likeness (QED) is 0.245. The third-order valence-corrected chi connectivity index (χ3v) is 9.15. The van der Waals surface area contributed by atoms with Crippen LogP contribution in [0.1, 0.15) is 55.4 Å². The van der Waals surface area contributed by atoms with Crippen molar-refractivity contribution in [2.45, 2.75) is 69.9 Å². The maximum Gasteiger partial charge on any atom is 0.305 e. The number of carbonyl (C=O) groups excluding carboxylic acids is 1. The molecule has 2 aromatic heterocycles. The van der Waals surface area contributed by atoms with E-state index in [1.54, 1.807) is 17.4 Å². The smallest absolute Gasteiger partial charge is 0.305 e. The lowest BCUT2D eigenvalue weighted by Crippen LogP contribution is -2.46. The second kappa shape index (κ2) is 13.1. The van der Waals surface area contributed by atoms with Crippen molar-refractivity contribution in [1.82, 2.24) is 15.2 Å². The fraction of sp³-hybridized carbons (Fsp3) is 0.538. The van der Waals surface area contributed by atoms with Gasteiger partial charge in [-0.25, -0.2) is 0 Å². The van der Waals surface area contributed by atoms with E-state index in [2.05, 4.69) is 15.2 Å². The summed E-state index contributed by atoms with van der Waals surface area (Å²) < 4.78 is 1.59. The Morgan fingerprint density at radius 3 is 2.72 bits per heavy atom. The molecule has 1 aliphatic carbocycles. The molecule has 4 rings (SSSR count). The van der Waals surface area contributed by atoms with Crippen LogP contribution in [0.3, 0.4) is 0 Å². The fourth-order valence-corrected chi connectivity index (χ4v) is 6.98. The molecule has 36 heavy (non-hydrogen) atoms. The molecule has 1 saturated carbocycles. The molecule has 2 heterocycles. The number of aromatic nitrogens is 1. The minimum Gasteiger partial charge on any atom is -0.506 e. The molecule has 1 aromatic carbocycles. The maximum absolute atomic E-state index is 13.3. The van der Waals surface area contributed by atoms with E-state index in [9.17, 15) is 14.7 Å². The lowest BCUT2D eigenvalue weighted by molar-refractivity contribution is -0.134. The van der Waals surface area contributed by atoms with Gasteiger partial charge >= 0.3 is 4.87 Å². The van der Waals surface area contributed by atoms with Crippen molar-refractivity contribution in [1.29, 1.82) is 0 Å². The summed E-state index contributed by atoms with van der Waals surface area (Å²) in [6.45, 7) is 2.09. The van der Waals surface area contributed by atoms with E-state index in [0.29, 0.717) is 31.1 Å². The van der Waals surface area contributed by atoms with Gasteiger partial charge < -0.3 is 26.0 Å². The van der Waals surface area contributed by atoms with E-state index in [4.69, 9.17) is 17.3 Å². The molecule has 1 amide bonds. The number of aryl methyl sites for hydroxylation is 1. The zero-order chi connectivity index (χ0) is 25.5. The van der Waals surface area contributed by atoms with Gasteiger partial charge in [-0.15, -0.1) is 11.3 Å². The number of rotatable bonds is 12. The van der Waals surface area contributed by atoms with Gasteiger partial charge in [0.05, 0.1) is 9.04 Å². The average Bonchev–Trinajstić information content (AvgIpc) is 3.47. The van der Waals surface area contributed by atoms with Crippen molar-refractivity contribution in [2.24, 2.45) is 5.73 Å². The van der Waals surface area contributed by atoms with Crippen LogP contribution in [0, 0.1) is 0 Å². The number of amides is 1. The van der Waals surface area contributed by atoms with Gasteiger partial charge in [0.1, 0.15) is 11.3 Å². The zero-order valence-corrected chi connectivity index (χ0v) is 22.8. The first-order valence-corrected chi connectivity index (χ1v) is 14.8. The Kier molecular flexibility index (Phi) is 9.84. The minimum absolute atomic E-state index is 0.0964. The van der Waals surface area contributed by atoms with Crippen molar-refractivity contribution >= 4 is 50.4 Å². The number of fused-ring (bicyclic) bond motifs is 1. The number of H-pyrrole nitrogens is 1. The molecule has 1 aliphatic rings. The lowest BCUT2D eigenvalue weighted by Gasteiger charge is -2.35. The van der Waals surface area contributed by atoms with Crippen LogP contribution >= 0.6 is 34.3 Å². The third-order valence-electron chi connectivity index (χ3n) is 6.90. The Labute approximate surface area is 224 Å². The highest BCUT2D eigenvalue weighted by atomic mass is 35.5. The number of carbonyl (C=O) groups is 1. The van der Waals surface area contributed by atoms with Crippen LogP contribution in [0.5, 0.6) is 5.75 Å². The Morgan fingerprint density at radius 2 is 1.97 bits per heavy atom. The van der Waals surface area contributed by atoms with E-state index in [-0.39, 0.29) is 22.6 Å². The highest BCUT2D eigenvalue weighted by Crippen LogP contribution is 2.28. The normalized spacial score (nSPS) is 15.4. The number of phenolic OH excluding ortho intramolecular Hbond substituents is 1. The van der Waals surface area contributed by atoms with Crippen molar-refractivity contribution in [2.75, 3.05) is 19.6 Å². The first-order valence-electron chi connectivity index (χ1n) is 12.7. The standard InChI is InChI=1S/C26H35ClN4O3S2/c27-22-11-9-20(35-22)8-7-18(28)16-23(33)31(19-4-2-1-3-5-19)15-14-29-13-12-17-6-10-21(32)24-25(17)36-26(34)30-24/h6,9-11,18-19,29,32H,1-5,7-8,12-16,28H2,(H,30,34). The largest absolute Gasteiger partial charge is 0.506 e. The highest BCUT2D eigenvalue weighted by molar-refractivity contribution is 7.16. The van der Waals surface area contributed by atoms with Crippen molar-refractivity contribution in [3.05, 3.63) is 48.7 Å². The summed E-state index contributed by atoms with van der Waals surface area (Å²) in [6.07, 6.45) is 8.42. The average molecular weight is 551 g/mol. The van der Waals surface area contributed by atoms with Gasteiger partial charge in [-0.2, -0.15) is 0 Å². The molecule has 3 aromatic rings. The second-order valence-corrected chi connectivity index (χ2v) is 12.3. The van der Waals surface area contributed by atoms with E-state index < -0.39 is 0 Å². The van der Waals surface area contributed by atoms with Crippen LogP contribution in [0.15, 0.2) is 29.1 Å². The molecule has 1 atom stereocenters. The van der Waals surface area contributed by atoms with Crippen molar-refractivity contribution in [3.63, 3.8) is 0 Å². The summed E-state index contributed by atoms with van der Waals surface area (Å²) in [7, 11) is 0. The van der Waals surface area contributed by atoms with Gasteiger partial charge in [0.25, 0.3) is 0 Å². The number of hydrogen-bond donors (Lipinski definition) is 4. The number of nitrogens with zero attached hydrogens (tertiary/aromatic N) is 1. The molecule has 0 radical (unpaired) electrons. The second-order valence-electron chi connectivity index (χ2n) is 9.55. The number of thiophene rings is 1. The predicted molar refractivity (Wildman–Crippen MR) is 150 cm³/mol. The lowest BCUT2D eigenvalue weighted by atomic mass is 9.93. The molecule has 0 spiro atoms. The Bertz CT molecular complexity index is 1200. The molecule has 0 saturated heterocycles. The summed E-state index contributed by atoms with van der Waals surface area (Å²) in [5.41, 5.74) is 7.90. The van der Waals surface area contributed by atoms with Gasteiger partial charge in [-0.1, -0.05) is 48.3 Å². The molecular weight excluding hydrogens is 516 g/mol. The number of nitrogens with two attached hydrogens (primary N) is 1. The summed E-state index contributed by atoms with van der Waals surface area (Å²) >= 11 is 8.72. The van der Waals surface area contributed by atoms with E-state index in [1.807, 2.05) is 18.2 Å². The number of phenols is 1.